The van der Waals surface area contributed by atoms with Gasteiger partial charge >= 0.3 is 0 Å². The van der Waals surface area contributed by atoms with Crippen LogP contribution in [0, 0.1) is 5.82 Å². The van der Waals surface area contributed by atoms with Gasteiger partial charge in [0.2, 0.25) is 0 Å². The number of aliphatic hydroxyl groups is 1. The first kappa shape index (κ1) is 22.6. The highest BCUT2D eigenvalue weighted by Crippen LogP contribution is 2.43. The van der Waals surface area contributed by atoms with Crippen LogP contribution < -0.4 is 0 Å². The summed E-state index contributed by atoms with van der Waals surface area (Å²) in [7, 11) is 0. The third-order valence-electron chi connectivity index (χ3n) is 5.57. The number of unbranched alkanes of at least 4 members (excludes halogenated alkanes) is 3. The molecule has 0 aromatic heterocycles. The average molecular weight is 385 g/mol. The van der Waals surface area contributed by atoms with Gasteiger partial charge in [0.1, 0.15) is 5.82 Å². The van der Waals surface area contributed by atoms with Crippen molar-refractivity contribution in [1.82, 2.24) is 0 Å². The van der Waals surface area contributed by atoms with Crippen LogP contribution in [-0.2, 0) is 6.42 Å². The lowest BCUT2D eigenvalue weighted by molar-refractivity contribution is 0.197. The van der Waals surface area contributed by atoms with Crippen LogP contribution in [0.15, 0.2) is 30.3 Å². The fourth-order valence-electron chi connectivity index (χ4n) is 4.35. The van der Waals surface area contributed by atoms with Crippen molar-refractivity contribution in [3.05, 3.63) is 58.4 Å². The van der Waals surface area contributed by atoms with E-state index in [4.69, 9.17) is 0 Å². The predicted molar refractivity (Wildman–Crippen MR) is 118 cm³/mol. The topological polar surface area (TPSA) is 20.2 Å². The molecule has 0 heterocycles. The van der Waals surface area contributed by atoms with Crippen LogP contribution in [0.4, 0.5) is 4.39 Å². The molecule has 1 nitrogen and oxygen atoms in total. The summed E-state index contributed by atoms with van der Waals surface area (Å²) in [4.78, 5) is 0. The molecule has 1 N–H and O–H groups in total. The number of halogens is 1. The zero-order valence-corrected chi connectivity index (χ0v) is 18.5. The van der Waals surface area contributed by atoms with Crippen LogP contribution in [0.5, 0.6) is 0 Å². The molecule has 0 aliphatic heterocycles. The van der Waals surface area contributed by atoms with Crippen molar-refractivity contribution in [1.29, 1.82) is 0 Å². The normalized spacial score (nSPS) is 12.8. The summed E-state index contributed by atoms with van der Waals surface area (Å²) in [6.07, 6.45) is 4.73. The van der Waals surface area contributed by atoms with E-state index in [-0.39, 0.29) is 17.7 Å². The number of hydrogen-bond acceptors (Lipinski definition) is 1. The molecule has 0 amide bonds. The number of benzene rings is 2. The lowest BCUT2D eigenvalue weighted by Crippen LogP contribution is -2.14. The van der Waals surface area contributed by atoms with E-state index < -0.39 is 6.10 Å². The Balaban J connectivity index is 2.85. The minimum absolute atomic E-state index is 0.0127. The van der Waals surface area contributed by atoms with E-state index in [1.54, 1.807) is 6.92 Å². The molecule has 2 rings (SSSR count). The second kappa shape index (κ2) is 10.2. The van der Waals surface area contributed by atoms with Crippen molar-refractivity contribution in [2.24, 2.45) is 0 Å². The molecule has 0 bridgehead atoms. The molecular formula is C26H37FO. The van der Waals surface area contributed by atoms with Crippen LogP contribution in [0.25, 0.3) is 11.1 Å². The highest BCUT2D eigenvalue weighted by Gasteiger charge is 2.29. The van der Waals surface area contributed by atoms with Crippen molar-refractivity contribution in [3.63, 3.8) is 0 Å². The number of hydrogen-bond donors (Lipinski definition) is 1. The van der Waals surface area contributed by atoms with Gasteiger partial charge in [-0.15, -0.1) is 0 Å². The molecule has 154 valence electrons. The van der Waals surface area contributed by atoms with Crippen molar-refractivity contribution in [3.8, 4) is 11.1 Å². The number of rotatable bonds is 9. The van der Waals surface area contributed by atoms with Crippen molar-refractivity contribution in [2.45, 2.75) is 91.6 Å². The Bertz CT molecular complexity index is 760. The highest BCUT2D eigenvalue weighted by atomic mass is 19.1. The van der Waals surface area contributed by atoms with E-state index in [0.29, 0.717) is 5.56 Å². The maximum atomic E-state index is 15.8. The van der Waals surface area contributed by atoms with Crippen molar-refractivity contribution >= 4 is 0 Å². The van der Waals surface area contributed by atoms with Gasteiger partial charge in [0.15, 0.2) is 0 Å². The predicted octanol–water partition coefficient (Wildman–Crippen LogP) is 7.92. The molecular weight excluding hydrogens is 347 g/mol. The lowest BCUT2D eigenvalue weighted by atomic mass is 9.78. The highest BCUT2D eigenvalue weighted by molar-refractivity contribution is 5.75. The van der Waals surface area contributed by atoms with Gasteiger partial charge in [-0.25, -0.2) is 4.39 Å². The second-order valence-corrected chi connectivity index (χ2v) is 8.57. The molecule has 0 aliphatic carbocycles. The van der Waals surface area contributed by atoms with Gasteiger partial charge < -0.3 is 5.11 Å². The van der Waals surface area contributed by atoms with Gasteiger partial charge in [0, 0.05) is 0 Å². The Morgan fingerprint density at radius 3 is 1.93 bits per heavy atom. The molecule has 28 heavy (non-hydrogen) atoms. The van der Waals surface area contributed by atoms with Crippen LogP contribution >= 0.6 is 0 Å². The van der Waals surface area contributed by atoms with Crippen molar-refractivity contribution in [2.75, 3.05) is 0 Å². The van der Waals surface area contributed by atoms with E-state index in [1.165, 1.54) is 12.8 Å². The Kier molecular flexibility index (Phi) is 8.24. The molecule has 2 aromatic rings. The third-order valence-corrected chi connectivity index (χ3v) is 5.57. The smallest absolute Gasteiger partial charge is 0.130 e. The Morgan fingerprint density at radius 1 is 0.821 bits per heavy atom. The molecule has 2 aromatic carbocycles. The first-order valence-electron chi connectivity index (χ1n) is 10.9. The van der Waals surface area contributed by atoms with Gasteiger partial charge in [-0.05, 0) is 65.0 Å². The molecule has 0 spiro atoms. The molecule has 2 heteroatoms. The quantitative estimate of drug-likeness (QED) is 0.435. The van der Waals surface area contributed by atoms with Crippen LogP contribution in [-0.4, -0.2) is 5.11 Å². The summed E-state index contributed by atoms with van der Waals surface area (Å²) in [6.45, 7) is 12.2. The molecule has 0 saturated carbocycles. The summed E-state index contributed by atoms with van der Waals surface area (Å²) in [6, 6.07) is 10.2. The van der Waals surface area contributed by atoms with Crippen molar-refractivity contribution < 1.29 is 9.50 Å². The lowest BCUT2D eigenvalue weighted by Gasteiger charge is -2.28. The molecule has 0 aliphatic rings. The van der Waals surface area contributed by atoms with Crippen LogP contribution in [0.2, 0.25) is 0 Å². The first-order valence-corrected chi connectivity index (χ1v) is 10.9. The van der Waals surface area contributed by atoms with E-state index >= 15 is 4.39 Å². The Hall–Kier alpha value is -1.67. The summed E-state index contributed by atoms with van der Waals surface area (Å²) in [5.74, 6) is 0.00830. The first-order chi connectivity index (χ1) is 13.3. The number of aliphatic hydroxyl groups excluding tert-OH is 1. The second-order valence-electron chi connectivity index (χ2n) is 8.57. The molecule has 1 unspecified atom stereocenters. The molecule has 0 fully saturated rings. The fraction of sp³-hybridized carbons (Fsp3) is 0.538. The minimum Gasteiger partial charge on any atom is -0.389 e. The van der Waals surface area contributed by atoms with Gasteiger partial charge in [0.05, 0.1) is 6.10 Å². The largest absolute Gasteiger partial charge is 0.389 e. The fourth-order valence-corrected chi connectivity index (χ4v) is 4.35. The summed E-state index contributed by atoms with van der Waals surface area (Å²) < 4.78 is 15.8. The minimum atomic E-state index is -0.710. The van der Waals surface area contributed by atoms with Crippen LogP contribution in [0.3, 0.4) is 0 Å². The van der Waals surface area contributed by atoms with Gasteiger partial charge in [-0.1, -0.05) is 84.2 Å². The summed E-state index contributed by atoms with van der Waals surface area (Å²) in [5, 5.41) is 10.7. The molecule has 1 atom stereocenters. The van der Waals surface area contributed by atoms with E-state index in [0.717, 1.165) is 47.1 Å². The van der Waals surface area contributed by atoms with E-state index in [2.05, 4.69) is 32.9 Å². The average Bonchev–Trinajstić information content (AvgIpc) is 2.64. The summed E-state index contributed by atoms with van der Waals surface area (Å²) in [5.41, 5.74) is 5.51. The van der Waals surface area contributed by atoms with Gasteiger partial charge in [0.25, 0.3) is 0 Å². The maximum Gasteiger partial charge on any atom is 0.130 e. The molecule has 0 saturated heterocycles. The zero-order chi connectivity index (χ0) is 20.8. The van der Waals surface area contributed by atoms with Gasteiger partial charge in [-0.2, -0.15) is 0 Å². The SMILES string of the molecule is CCCCCCc1c(-c2ccccc2)c(C(C)O)c(C(C)C)c(F)c1C(C)C. The van der Waals surface area contributed by atoms with E-state index in [1.807, 2.05) is 32.0 Å². The summed E-state index contributed by atoms with van der Waals surface area (Å²) >= 11 is 0. The molecule has 0 radical (unpaired) electrons. The van der Waals surface area contributed by atoms with Crippen LogP contribution in [0.1, 0.15) is 107 Å². The Morgan fingerprint density at radius 2 is 1.43 bits per heavy atom. The Labute approximate surface area is 171 Å². The maximum absolute atomic E-state index is 15.8. The standard InChI is InChI=1S/C26H37FO/c1-7-8-9-13-16-21-22(17(2)3)26(27)23(18(4)5)24(19(6)28)25(21)20-14-11-10-12-15-20/h10-12,14-15,17-19,28H,7-9,13,16H2,1-6H3. The zero-order valence-electron chi connectivity index (χ0n) is 18.5. The van der Waals surface area contributed by atoms with Gasteiger partial charge in [-0.3, -0.25) is 0 Å². The third kappa shape index (κ3) is 4.84. The van der Waals surface area contributed by atoms with E-state index in [9.17, 15) is 5.11 Å². The monoisotopic (exact) mass is 384 g/mol.